The molecule has 1 heterocycles. The molecule has 0 aliphatic rings. The van der Waals surface area contributed by atoms with Crippen molar-refractivity contribution in [2.45, 2.75) is 6.54 Å². The van der Waals surface area contributed by atoms with Crippen LogP contribution >= 0.6 is 0 Å². The molecule has 1 aromatic rings. The Morgan fingerprint density at radius 2 is 2.50 bits per heavy atom. The van der Waals surface area contributed by atoms with Crippen LogP contribution in [0, 0.1) is 5.21 Å². The van der Waals surface area contributed by atoms with Gasteiger partial charge in [0.25, 0.3) is 0 Å². The Morgan fingerprint density at radius 1 is 1.83 bits per heavy atom. The van der Waals surface area contributed by atoms with Gasteiger partial charge in [-0.1, -0.05) is 0 Å². The van der Waals surface area contributed by atoms with Crippen molar-refractivity contribution in [2.75, 3.05) is 0 Å². The minimum Gasteiger partial charge on any atom is -0.592 e. The Balaban J connectivity index is 2.84. The number of aliphatic carboxylic acids is 1. The number of carboxylic acid groups (broad SMARTS) is 1. The van der Waals surface area contributed by atoms with Crippen molar-refractivity contribution in [1.29, 1.82) is 0 Å². The highest BCUT2D eigenvalue weighted by Gasteiger charge is 2.11. The Bertz CT molecular complexity index is 282. The van der Waals surface area contributed by atoms with Gasteiger partial charge >= 0.3 is 11.9 Å². The van der Waals surface area contributed by atoms with Crippen LogP contribution in [0.25, 0.3) is 0 Å². The largest absolute Gasteiger partial charge is 0.592 e. The van der Waals surface area contributed by atoms with Gasteiger partial charge in [-0.25, -0.2) is 5.21 Å². The summed E-state index contributed by atoms with van der Waals surface area (Å²) in [6.07, 6.45) is 2.55. The SMILES string of the molecule is O=C(O)Cn1ccnc1[NH+]([O-])O. The first-order chi connectivity index (χ1) is 5.61. The van der Waals surface area contributed by atoms with Crippen molar-refractivity contribution in [1.82, 2.24) is 9.55 Å². The molecule has 3 N–H and O–H groups in total. The summed E-state index contributed by atoms with van der Waals surface area (Å²) in [6, 6.07) is 0. The average molecular weight is 173 g/mol. The van der Waals surface area contributed by atoms with Gasteiger partial charge in [0.2, 0.25) is 0 Å². The summed E-state index contributed by atoms with van der Waals surface area (Å²) >= 11 is 0. The van der Waals surface area contributed by atoms with Crippen molar-refractivity contribution in [3.8, 4) is 0 Å². The second kappa shape index (κ2) is 3.30. The molecule has 7 nitrogen and oxygen atoms in total. The zero-order valence-electron chi connectivity index (χ0n) is 5.97. The number of nitrogens with zero attached hydrogens (tertiary/aromatic N) is 2. The van der Waals surface area contributed by atoms with E-state index in [0.717, 1.165) is 4.57 Å². The lowest BCUT2D eigenvalue weighted by Crippen LogP contribution is -3.00. The first-order valence-corrected chi connectivity index (χ1v) is 3.07. The highest BCUT2D eigenvalue weighted by Crippen LogP contribution is 1.96. The summed E-state index contributed by atoms with van der Waals surface area (Å²) in [5, 5.41) is 26.0. The molecular formula is C5H7N3O4. The molecule has 0 radical (unpaired) electrons. The molecule has 0 saturated heterocycles. The van der Waals surface area contributed by atoms with Gasteiger partial charge in [0, 0.05) is 6.20 Å². The second-order valence-corrected chi connectivity index (χ2v) is 2.08. The van der Waals surface area contributed by atoms with E-state index in [1.54, 1.807) is 0 Å². The normalized spacial score (nSPS) is 12.8. The maximum absolute atomic E-state index is 10.4. The van der Waals surface area contributed by atoms with E-state index in [1.807, 2.05) is 0 Å². The monoisotopic (exact) mass is 173 g/mol. The predicted octanol–water partition coefficient (Wildman–Crippen LogP) is -1.63. The number of carboxylic acids is 1. The maximum atomic E-state index is 10.4. The van der Waals surface area contributed by atoms with E-state index < -0.39 is 11.2 Å². The van der Waals surface area contributed by atoms with Crippen LogP contribution < -0.4 is 5.23 Å². The van der Waals surface area contributed by atoms with Crippen LogP contribution in [0.5, 0.6) is 0 Å². The van der Waals surface area contributed by atoms with Gasteiger partial charge < -0.3 is 10.3 Å². The van der Waals surface area contributed by atoms with Crippen LogP contribution in [0.3, 0.4) is 0 Å². The molecular weight excluding hydrogens is 166 g/mol. The molecule has 1 rings (SSSR count). The Labute approximate surface area is 67.0 Å². The van der Waals surface area contributed by atoms with Gasteiger partial charge in [0.1, 0.15) is 6.54 Å². The van der Waals surface area contributed by atoms with E-state index in [-0.39, 0.29) is 12.5 Å². The van der Waals surface area contributed by atoms with Gasteiger partial charge in [-0.3, -0.25) is 9.36 Å². The van der Waals surface area contributed by atoms with Crippen molar-refractivity contribution in [2.24, 2.45) is 0 Å². The van der Waals surface area contributed by atoms with Gasteiger partial charge in [0.15, 0.2) is 0 Å². The van der Waals surface area contributed by atoms with Gasteiger partial charge in [-0.05, 0) is 0 Å². The summed E-state index contributed by atoms with van der Waals surface area (Å²) in [7, 11) is 0. The highest BCUT2D eigenvalue weighted by molar-refractivity contribution is 5.66. The summed E-state index contributed by atoms with van der Waals surface area (Å²) in [6.45, 7) is -0.387. The summed E-state index contributed by atoms with van der Waals surface area (Å²) < 4.78 is 1.05. The fourth-order valence-electron chi connectivity index (χ4n) is 0.781. The van der Waals surface area contributed by atoms with Crippen LogP contribution in [0.2, 0.25) is 0 Å². The molecule has 0 aliphatic heterocycles. The number of rotatable bonds is 3. The second-order valence-electron chi connectivity index (χ2n) is 2.08. The van der Waals surface area contributed by atoms with E-state index in [0.29, 0.717) is 0 Å². The Hall–Kier alpha value is -1.44. The Morgan fingerprint density at radius 3 is 3.00 bits per heavy atom. The van der Waals surface area contributed by atoms with E-state index in [9.17, 15) is 10.0 Å². The van der Waals surface area contributed by atoms with Crippen molar-refractivity contribution in [3.63, 3.8) is 0 Å². The molecule has 1 atom stereocenters. The van der Waals surface area contributed by atoms with Gasteiger partial charge in [-0.2, -0.15) is 10.2 Å². The first-order valence-electron chi connectivity index (χ1n) is 3.07. The minimum absolute atomic E-state index is 0.266. The first kappa shape index (κ1) is 8.65. The molecule has 0 bridgehead atoms. The number of aromatic nitrogens is 2. The number of hydrogen-bond donors (Lipinski definition) is 3. The molecule has 12 heavy (non-hydrogen) atoms. The van der Waals surface area contributed by atoms with Crippen LogP contribution in [-0.2, 0) is 11.3 Å². The third-order valence-corrected chi connectivity index (χ3v) is 1.21. The Kier molecular flexibility index (Phi) is 2.38. The predicted molar refractivity (Wildman–Crippen MR) is 35.6 cm³/mol. The third kappa shape index (κ3) is 1.78. The molecule has 0 saturated carbocycles. The number of quaternary nitrogens is 1. The molecule has 0 spiro atoms. The fraction of sp³-hybridized carbons (Fsp3) is 0.200. The van der Waals surface area contributed by atoms with Crippen LogP contribution in [-0.4, -0.2) is 25.8 Å². The smallest absolute Gasteiger partial charge is 0.341 e. The minimum atomic E-state index is -1.23. The summed E-state index contributed by atoms with van der Waals surface area (Å²) in [4.78, 5) is 13.7. The van der Waals surface area contributed by atoms with Crippen molar-refractivity contribution >= 4 is 11.9 Å². The van der Waals surface area contributed by atoms with E-state index in [1.165, 1.54) is 12.4 Å². The summed E-state index contributed by atoms with van der Waals surface area (Å²) in [5.74, 6) is -1.37. The molecule has 1 aromatic heterocycles. The lowest BCUT2D eigenvalue weighted by atomic mass is 10.6. The van der Waals surface area contributed by atoms with Gasteiger partial charge in [-0.15, -0.1) is 0 Å². The van der Waals surface area contributed by atoms with Crippen molar-refractivity contribution in [3.05, 3.63) is 17.6 Å². The van der Waals surface area contributed by atoms with E-state index in [2.05, 4.69) is 4.98 Å². The summed E-state index contributed by atoms with van der Waals surface area (Å²) in [5.41, 5.74) is 0. The van der Waals surface area contributed by atoms with Crippen molar-refractivity contribution < 1.29 is 20.3 Å². The molecule has 0 fully saturated rings. The number of imidazole rings is 1. The molecule has 7 heteroatoms. The number of nitrogens with one attached hydrogen (secondary N) is 1. The average Bonchev–Trinajstić information content (AvgIpc) is 2.33. The molecule has 0 aliphatic carbocycles. The molecule has 1 unspecified atom stereocenters. The number of carbonyl (C=O) groups is 1. The quantitative estimate of drug-likeness (QED) is 0.476. The van der Waals surface area contributed by atoms with Gasteiger partial charge in [0.05, 0.1) is 6.20 Å². The zero-order valence-corrected chi connectivity index (χ0v) is 5.97. The topological polar surface area (TPSA) is 103 Å². The lowest BCUT2D eigenvalue weighted by Gasteiger charge is -2.10. The molecule has 66 valence electrons. The standard InChI is InChI=1S/C5H7N3O4/c9-4(10)3-7-2-1-6-5(7)8(11)12/h1-2,8,11H,3H2,(H,9,10). The fourth-order valence-corrected chi connectivity index (χ4v) is 0.781. The van der Waals surface area contributed by atoms with E-state index in [4.69, 9.17) is 10.3 Å². The number of hydrogen-bond acceptors (Lipinski definition) is 4. The van der Waals surface area contributed by atoms with Crippen LogP contribution in [0.4, 0.5) is 5.95 Å². The molecule has 0 amide bonds. The maximum Gasteiger partial charge on any atom is 0.341 e. The lowest BCUT2D eigenvalue weighted by molar-refractivity contribution is -0.995. The van der Waals surface area contributed by atoms with E-state index >= 15 is 0 Å². The van der Waals surface area contributed by atoms with Crippen LogP contribution in [0.1, 0.15) is 0 Å². The highest BCUT2D eigenvalue weighted by atomic mass is 16.8. The zero-order chi connectivity index (χ0) is 9.14. The third-order valence-electron chi connectivity index (χ3n) is 1.21. The van der Waals surface area contributed by atoms with Crippen LogP contribution in [0.15, 0.2) is 12.4 Å². The molecule has 0 aromatic carbocycles.